The predicted octanol–water partition coefficient (Wildman–Crippen LogP) is 3.65. The molecule has 0 aliphatic heterocycles. The number of methoxy groups -OCH3 is 1. The average molecular weight is 282 g/mol. The average Bonchev–Trinajstić information content (AvgIpc) is 2.40. The molecule has 0 radical (unpaired) electrons. The van der Waals surface area contributed by atoms with Gasteiger partial charge in [0.2, 0.25) is 0 Å². The lowest BCUT2D eigenvalue weighted by Crippen LogP contribution is -1.99. The fourth-order valence-corrected chi connectivity index (χ4v) is 1.71. The van der Waals surface area contributed by atoms with Gasteiger partial charge in [-0.1, -0.05) is 17.7 Å². The van der Waals surface area contributed by atoms with Crippen LogP contribution in [-0.4, -0.2) is 7.11 Å². The highest BCUT2D eigenvalue weighted by Gasteiger charge is 2.06. The quantitative estimate of drug-likeness (QED) is 0.870. The van der Waals surface area contributed by atoms with E-state index in [-0.39, 0.29) is 11.6 Å². The first kappa shape index (κ1) is 13.5. The van der Waals surface area contributed by atoms with Gasteiger partial charge in [-0.3, -0.25) is 0 Å². The van der Waals surface area contributed by atoms with Gasteiger partial charge >= 0.3 is 0 Å². The van der Waals surface area contributed by atoms with Crippen molar-refractivity contribution in [3.05, 3.63) is 52.8 Å². The minimum absolute atomic E-state index is 0.0882. The van der Waals surface area contributed by atoms with Crippen molar-refractivity contribution in [3.63, 3.8) is 0 Å². The van der Waals surface area contributed by atoms with Crippen molar-refractivity contribution in [2.45, 2.75) is 6.61 Å². The summed E-state index contributed by atoms with van der Waals surface area (Å²) in [7, 11) is 1.54. The second kappa shape index (κ2) is 5.80. The molecule has 0 aromatic heterocycles. The third-order valence-corrected chi connectivity index (χ3v) is 2.87. The highest BCUT2D eigenvalue weighted by molar-refractivity contribution is 6.30. The number of hydrogen-bond acceptors (Lipinski definition) is 3. The Balaban J connectivity index is 2.13. The van der Waals surface area contributed by atoms with Crippen molar-refractivity contribution in [2.75, 3.05) is 12.8 Å². The lowest BCUT2D eigenvalue weighted by Gasteiger charge is -2.11. The molecule has 2 aromatic rings. The molecule has 0 aliphatic rings. The Kier molecular flexibility index (Phi) is 4.12. The summed E-state index contributed by atoms with van der Waals surface area (Å²) < 4.78 is 24.0. The molecule has 2 aromatic carbocycles. The van der Waals surface area contributed by atoms with Crippen LogP contribution in [0.15, 0.2) is 36.4 Å². The Morgan fingerprint density at radius 2 is 1.95 bits per heavy atom. The largest absolute Gasteiger partial charge is 0.493 e. The van der Waals surface area contributed by atoms with E-state index in [4.69, 9.17) is 26.8 Å². The molecule has 0 bridgehead atoms. The van der Waals surface area contributed by atoms with E-state index in [2.05, 4.69) is 0 Å². The fourth-order valence-electron chi connectivity index (χ4n) is 1.60. The number of benzene rings is 2. The number of rotatable bonds is 4. The lowest BCUT2D eigenvalue weighted by atomic mass is 10.2. The van der Waals surface area contributed by atoms with Gasteiger partial charge in [-0.2, -0.15) is 0 Å². The van der Waals surface area contributed by atoms with E-state index in [0.29, 0.717) is 22.7 Å². The highest BCUT2D eigenvalue weighted by Crippen LogP contribution is 2.29. The molecular weight excluding hydrogens is 269 g/mol. The molecule has 3 nitrogen and oxygen atoms in total. The van der Waals surface area contributed by atoms with Gasteiger partial charge in [-0.15, -0.1) is 0 Å². The number of halogens is 2. The summed E-state index contributed by atoms with van der Waals surface area (Å²) in [5.74, 6) is 0.615. The normalized spacial score (nSPS) is 10.3. The molecule has 0 fully saturated rings. The van der Waals surface area contributed by atoms with E-state index in [1.54, 1.807) is 31.4 Å². The predicted molar refractivity (Wildman–Crippen MR) is 73.1 cm³/mol. The number of ether oxygens (including phenoxy) is 2. The molecule has 0 atom stereocenters. The van der Waals surface area contributed by atoms with Crippen molar-refractivity contribution >= 4 is 17.3 Å². The van der Waals surface area contributed by atoms with Crippen LogP contribution in [0.25, 0.3) is 0 Å². The number of nitrogen functional groups attached to an aromatic ring is 1. The van der Waals surface area contributed by atoms with Crippen LogP contribution in [0.5, 0.6) is 11.5 Å². The van der Waals surface area contributed by atoms with Gasteiger partial charge in [0.05, 0.1) is 12.1 Å². The second-order valence-corrected chi connectivity index (χ2v) is 4.35. The van der Waals surface area contributed by atoms with E-state index < -0.39 is 5.82 Å². The molecule has 0 saturated carbocycles. The van der Waals surface area contributed by atoms with Crippen molar-refractivity contribution in [1.29, 1.82) is 0 Å². The summed E-state index contributed by atoms with van der Waals surface area (Å²) in [5, 5.41) is 0.0882. The molecule has 0 unspecified atom stereocenters. The summed E-state index contributed by atoms with van der Waals surface area (Å²) in [6.07, 6.45) is 0. The lowest BCUT2D eigenvalue weighted by molar-refractivity contribution is 0.284. The molecular formula is C14H13ClFNO2. The molecule has 0 aliphatic carbocycles. The van der Waals surface area contributed by atoms with E-state index in [0.717, 1.165) is 0 Å². The smallest absolute Gasteiger partial charge is 0.163 e. The maximum absolute atomic E-state index is 13.3. The molecule has 2 N–H and O–H groups in total. The Morgan fingerprint density at radius 3 is 2.63 bits per heavy atom. The standard InChI is InChI=1S/C14H13ClFNO2/c1-18-13-5-3-10(17)7-14(13)19-8-9-2-4-11(15)12(16)6-9/h2-7H,8,17H2,1H3. The highest BCUT2D eigenvalue weighted by atomic mass is 35.5. The van der Waals surface area contributed by atoms with Gasteiger partial charge in [-0.25, -0.2) is 4.39 Å². The molecule has 0 heterocycles. The number of anilines is 1. The molecule has 2 rings (SSSR count). The molecule has 0 saturated heterocycles. The van der Waals surface area contributed by atoms with Crippen LogP contribution >= 0.6 is 11.6 Å². The summed E-state index contributed by atoms with van der Waals surface area (Å²) in [6, 6.07) is 9.61. The van der Waals surface area contributed by atoms with E-state index in [1.807, 2.05) is 0 Å². The first-order chi connectivity index (χ1) is 9.10. The Bertz CT molecular complexity index is 590. The van der Waals surface area contributed by atoms with E-state index >= 15 is 0 Å². The molecule has 100 valence electrons. The van der Waals surface area contributed by atoms with Crippen LogP contribution in [0.1, 0.15) is 5.56 Å². The minimum Gasteiger partial charge on any atom is -0.493 e. The van der Waals surface area contributed by atoms with E-state index in [9.17, 15) is 4.39 Å². The zero-order chi connectivity index (χ0) is 13.8. The van der Waals surface area contributed by atoms with Crippen LogP contribution in [0.2, 0.25) is 5.02 Å². The van der Waals surface area contributed by atoms with Gasteiger partial charge in [-0.05, 0) is 29.8 Å². The van der Waals surface area contributed by atoms with Crippen molar-refractivity contribution in [1.82, 2.24) is 0 Å². The van der Waals surface area contributed by atoms with Crippen LogP contribution in [0.4, 0.5) is 10.1 Å². The van der Waals surface area contributed by atoms with Crippen LogP contribution < -0.4 is 15.2 Å². The van der Waals surface area contributed by atoms with Gasteiger partial charge in [0.15, 0.2) is 11.5 Å². The van der Waals surface area contributed by atoms with Crippen molar-refractivity contribution in [2.24, 2.45) is 0 Å². The second-order valence-electron chi connectivity index (χ2n) is 3.95. The van der Waals surface area contributed by atoms with Gasteiger partial charge in [0, 0.05) is 11.8 Å². The van der Waals surface area contributed by atoms with Gasteiger partial charge in [0.25, 0.3) is 0 Å². The molecule has 0 spiro atoms. The number of hydrogen-bond donors (Lipinski definition) is 1. The van der Waals surface area contributed by atoms with Crippen LogP contribution in [0, 0.1) is 5.82 Å². The van der Waals surface area contributed by atoms with Crippen LogP contribution in [0.3, 0.4) is 0 Å². The summed E-state index contributed by atoms with van der Waals surface area (Å²) in [6.45, 7) is 0.202. The zero-order valence-corrected chi connectivity index (χ0v) is 11.1. The SMILES string of the molecule is COc1ccc(N)cc1OCc1ccc(Cl)c(F)c1. The van der Waals surface area contributed by atoms with Crippen molar-refractivity contribution < 1.29 is 13.9 Å². The third kappa shape index (κ3) is 3.29. The van der Waals surface area contributed by atoms with Crippen LogP contribution in [-0.2, 0) is 6.61 Å². The maximum atomic E-state index is 13.3. The first-order valence-corrected chi connectivity index (χ1v) is 5.98. The topological polar surface area (TPSA) is 44.5 Å². The Hall–Kier alpha value is -1.94. The Morgan fingerprint density at radius 1 is 1.16 bits per heavy atom. The third-order valence-electron chi connectivity index (χ3n) is 2.57. The van der Waals surface area contributed by atoms with E-state index in [1.165, 1.54) is 12.1 Å². The van der Waals surface area contributed by atoms with Crippen molar-refractivity contribution in [3.8, 4) is 11.5 Å². The molecule has 0 amide bonds. The fraction of sp³-hybridized carbons (Fsp3) is 0.143. The first-order valence-electron chi connectivity index (χ1n) is 5.60. The summed E-state index contributed by atoms with van der Waals surface area (Å²) >= 11 is 5.61. The minimum atomic E-state index is -0.470. The summed E-state index contributed by atoms with van der Waals surface area (Å²) in [4.78, 5) is 0. The maximum Gasteiger partial charge on any atom is 0.163 e. The van der Waals surface area contributed by atoms with Gasteiger partial charge < -0.3 is 15.2 Å². The summed E-state index contributed by atoms with van der Waals surface area (Å²) in [5.41, 5.74) is 6.92. The zero-order valence-electron chi connectivity index (χ0n) is 10.3. The monoisotopic (exact) mass is 281 g/mol. The molecule has 5 heteroatoms. The molecule has 19 heavy (non-hydrogen) atoms. The Labute approximate surface area is 115 Å². The number of nitrogens with two attached hydrogens (primary N) is 1. The van der Waals surface area contributed by atoms with Gasteiger partial charge in [0.1, 0.15) is 12.4 Å².